The van der Waals surface area contributed by atoms with E-state index in [-0.39, 0.29) is 12.6 Å². The fourth-order valence-electron chi connectivity index (χ4n) is 2.33. The number of carbonyl (C=O) groups is 3. The van der Waals surface area contributed by atoms with Crippen LogP contribution in [0.3, 0.4) is 0 Å². The zero-order chi connectivity index (χ0) is 21.9. The lowest BCUT2D eigenvalue weighted by Crippen LogP contribution is -2.27. The van der Waals surface area contributed by atoms with Crippen LogP contribution in [0.25, 0.3) is 11.3 Å². The van der Waals surface area contributed by atoms with E-state index in [1.165, 1.54) is 0 Å². The number of imidazole rings is 1. The molecule has 0 aliphatic heterocycles. The van der Waals surface area contributed by atoms with Gasteiger partial charge in [-0.2, -0.15) is 0 Å². The number of aliphatic carboxylic acids is 2. The first kappa shape index (κ1) is 22.2. The number of carbonyl (C=O) groups excluding carboxylic acids is 1. The summed E-state index contributed by atoms with van der Waals surface area (Å²) in [4.78, 5) is 37.7. The summed E-state index contributed by atoms with van der Waals surface area (Å²) in [6.07, 6.45) is 1.29. The number of benzene rings is 2. The standard InChI is InChI=1S/C19H19N3O2.C2H2O4/c1-14(21-19(23)24-13-15-8-4-2-5-9-15)18-20-12-17(22-18)16-10-6-3-7-11-16;3-1(4)2(5)6/h2-12,14H,13H2,1H3,(H,20,22)(H,21,23);(H,3,4)(H,5,6). The number of alkyl carbamates (subject to hydrolysis) is 1. The minimum atomic E-state index is -1.82. The van der Waals surface area contributed by atoms with Gasteiger partial charge in [-0.15, -0.1) is 0 Å². The predicted octanol–water partition coefficient (Wildman–Crippen LogP) is 3.22. The Morgan fingerprint density at radius 2 is 1.57 bits per heavy atom. The van der Waals surface area contributed by atoms with Gasteiger partial charge in [0.2, 0.25) is 0 Å². The molecule has 1 aromatic heterocycles. The van der Waals surface area contributed by atoms with E-state index in [9.17, 15) is 4.79 Å². The fourth-order valence-corrected chi connectivity index (χ4v) is 2.33. The van der Waals surface area contributed by atoms with Crippen LogP contribution in [0.15, 0.2) is 66.9 Å². The van der Waals surface area contributed by atoms with Gasteiger partial charge in [0.15, 0.2) is 0 Å². The summed E-state index contributed by atoms with van der Waals surface area (Å²) in [5, 5.41) is 17.6. The Hall–Kier alpha value is -4.14. The average Bonchev–Trinajstić information content (AvgIpc) is 3.24. The molecular weight excluding hydrogens is 390 g/mol. The SMILES string of the molecule is CC(NC(=O)OCc1ccccc1)c1ncc(-c2ccccc2)[nH]1.O=C(O)C(=O)O. The number of hydrogen-bond acceptors (Lipinski definition) is 5. The average molecular weight is 411 g/mol. The molecular formula is C21H21N3O6. The van der Waals surface area contributed by atoms with Crippen LogP contribution in [0.5, 0.6) is 0 Å². The molecule has 156 valence electrons. The zero-order valence-electron chi connectivity index (χ0n) is 16.1. The van der Waals surface area contributed by atoms with Gasteiger partial charge >= 0.3 is 18.0 Å². The van der Waals surface area contributed by atoms with E-state index < -0.39 is 18.0 Å². The molecule has 4 N–H and O–H groups in total. The Labute approximate surface area is 172 Å². The smallest absolute Gasteiger partial charge is 0.414 e. The third-order valence-electron chi connectivity index (χ3n) is 3.82. The molecule has 2 aromatic carbocycles. The molecule has 0 aliphatic carbocycles. The summed E-state index contributed by atoms with van der Waals surface area (Å²) in [6.45, 7) is 2.10. The normalized spacial score (nSPS) is 10.8. The van der Waals surface area contributed by atoms with Gasteiger partial charge in [-0.3, -0.25) is 0 Å². The van der Waals surface area contributed by atoms with E-state index in [2.05, 4.69) is 15.3 Å². The number of nitrogens with one attached hydrogen (secondary N) is 2. The molecule has 1 atom stereocenters. The summed E-state index contributed by atoms with van der Waals surface area (Å²) in [5.41, 5.74) is 2.91. The fraction of sp³-hybridized carbons (Fsp3) is 0.143. The summed E-state index contributed by atoms with van der Waals surface area (Å²) in [5.74, 6) is -2.96. The van der Waals surface area contributed by atoms with E-state index in [0.717, 1.165) is 16.8 Å². The maximum atomic E-state index is 11.9. The second kappa shape index (κ2) is 11.0. The van der Waals surface area contributed by atoms with Crippen LogP contribution in [0.1, 0.15) is 24.4 Å². The van der Waals surface area contributed by atoms with Crippen molar-refractivity contribution in [2.24, 2.45) is 0 Å². The molecule has 1 unspecified atom stereocenters. The van der Waals surface area contributed by atoms with Gasteiger partial charge in [0.1, 0.15) is 12.4 Å². The molecule has 0 aliphatic rings. The molecule has 9 nitrogen and oxygen atoms in total. The Kier molecular flexibility index (Phi) is 8.13. The lowest BCUT2D eigenvalue weighted by atomic mass is 10.2. The number of aromatic amines is 1. The van der Waals surface area contributed by atoms with Gasteiger partial charge in [0.05, 0.1) is 17.9 Å². The second-order valence-corrected chi connectivity index (χ2v) is 6.09. The van der Waals surface area contributed by atoms with Crippen LogP contribution in [0.4, 0.5) is 4.79 Å². The van der Waals surface area contributed by atoms with Crippen LogP contribution in [-0.4, -0.2) is 38.2 Å². The van der Waals surface area contributed by atoms with Gasteiger partial charge in [-0.1, -0.05) is 60.7 Å². The molecule has 1 heterocycles. The van der Waals surface area contributed by atoms with Crippen LogP contribution in [0, 0.1) is 0 Å². The minimum Gasteiger partial charge on any atom is -0.473 e. The summed E-state index contributed by atoms with van der Waals surface area (Å²) in [7, 11) is 0. The first-order chi connectivity index (χ1) is 14.4. The number of hydrogen-bond donors (Lipinski definition) is 4. The maximum absolute atomic E-state index is 11.9. The maximum Gasteiger partial charge on any atom is 0.414 e. The molecule has 0 saturated carbocycles. The highest BCUT2D eigenvalue weighted by Crippen LogP contribution is 2.18. The highest BCUT2D eigenvalue weighted by atomic mass is 16.5. The van der Waals surface area contributed by atoms with Crippen molar-refractivity contribution in [3.05, 3.63) is 78.2 Å². The van der Waals surface area contributed by atoms with Crippen LogP contribution >= 0.6 is 0 Å². The molecule has 0 fully saturated rings. The third-order valence-corrected chi connectivity index (χ3v) is 3.82. The third kappa shape index (κ3) is 7.12. The number of H-pyrrole nitrogens is 1. The van der Waals surface area contributed by atoms with Crippen molar-refractivity contribution in [3.63, 3.8) is 0 Å². The molecule has 30 heavy (non-hydrogen) atoms. The molecule has 0 saturated heterocycles. The Bertz CT molecular complexity index is 961. The molecule has 0 spiro atoms. The Morgan fingerprint density at radius 1 is 1.00 bits per heavy atom. The van der Waals surface area contributed by atoms with Crippen molar-refractivity contribution < 1.29 is 29.3 Å². The van der Waals surface area contributed by atoms with Crippen molar-refractivity contribution in [2.75, 3.05) is 0 Å². The first-order valence-corrected chi connectivity index (χ1v) is 8.90. The van der Waals surface area contributed by atoms with E-state index in [1.807, 2.05) is 67.6 Å². The summed E-state index contributed by atoms with van der Waals surface area (Å²) >= 11 is 0. The number of aromatic nitrogens is 2. The molecule has 3 rings (SSSR count). The van der Waals surface area contributed by atoms with Crippen LogP contribution in [-0.2, 0) is 20.9 Å². The number of ether oxygens (including phenoxy) is 1. The largest absolute Gasteiger partial charge is 0.473 e. The molecule has 0 bridgehead atoms. The highest BCUT2D eigenvalue weighted by molar-refractivity contribution is 6.27. The van der Waals surface area contributed by atoms with E-state index in [4.69, 9.17) is 24.5 Å². The number of rotatable bonds is 5. The predicted molar refractivity (Wildman–Crippen MR) is 107 cm³/mol. The van der Waals surface area contributed by atoms with Crippen molar-refractivity contribution in [1.82, 2.24) is 15.3 Å². The quantitative estimate of drug-likeness (QED) is 0.472. The van der Waals surface area contributed by atoms with Crippen molar-refractivity contribution >= 4 is 18.0 Å². The molecule has 1 amide bonds. The number of nitrogens with zero attached hydrogens (tertiary/aromatic N) is 1. The van der Waals surface area contributed by atoms with E-state index >= 15 is 0 Å². The number of carboxylic acids is 2. The first-order valence-electron chi connectivity index (χ1n) is 8.90. The summed E-state index contributed by atoms with van der Waals surface area (Å²) in [6, 6.07) is 19.2. The van der Waals surface area contributed by atoms with Crippen molar-refractivity contribution in [3.8, 4) is 11.3 Å². The highest BCUT2D eigenvalue weighted by Gasteiger charge is 2.14. The van der Waals surface area contributed by atoms with Gasteiger partial charge in [-0.05, 0) is 18.1 Å². The number of amides is 1. The monoisotopic (exact) mass is 411 g/mol. The van der Waals surface area contributed by atoms with E-state index in [0.29, 0.717) is 5.82 Å². The van der Waals surface area contributed by atoms with Crippen molar-refractivity contribution in [1.29, 1.82) is 0 Å². The lowest BCUT2D eigenvalue weighted by molar-refractivity contribution is -0.159. The molecule has 9 heteroatoms. The van der Waals surface area contributed by atoms with Crippen molar-refractivity contribution in [2.45, 2.75) is 19.6 Å². The molecule has 0 radical (unpaired) electrons. The second-order valence-electron chi connectivity index (χ2n) is 6.09. The van der Waals surface area contributed by atoms with E-state index in [1.54, 1.807) is 6.20 Å². The van der Waals surface area contributed by atoms with Gasteiger partial charge in [0, 0.05) is 0 Å². The summed E-state index contributed by atoms with van der Waals surface area (Å²) < 4.78 is 5.22. The number of carboxylic acid groups (broad SMARTS) is 2. The molecule has 3 aromatic rings. The lowest BCUT2D eigenvalue weighted by Gasteiger charge is -2.12. The topological polar surface area (TPSA) is 142 Å². The Balaban J connectivity index is 0.000000469. The van der Waals surface area contributed by atoms with Crippen LogP contribution < -0.4 is 5.32 Å². The van der Waals surface area contributed by atoms with Crippen LogP contribution in [0.2, 0.25) is 0 Å². The zero-order valence-corrected chi connectivity index (χ0v) is 16.1. The minimum absolute atomic E-state index is 0.243. The Morgan fingerprint density at radius 3 is 2.13 bits per heavy atom. The van der Waals surface area contributed by atoms with Gasteiger partial charge in [0.25, 0.3) is 0 Å². The van der Waals surface area contributed by atoms with Gasteiger partial charge < -0.3 is 25.3 Å². The van der Waals surface area contributed by atoms with Gasteiger partial charge in [-0.25, -0.2) is 19.4 Å².